The van der Waals surface area contributed by atoms with E-state index in [0.29, 0.717) is 19.4 Å². The van der Waals surface area contributed by atoms with Crippen LogP contribution < -0.4 is 16.0 Å². The fraction of sp³-hybridized carbons (Fsp3) is 0.727. The molecule has 1 saturated carbocycles. The first-order valence-electron chi connectivity index (χ1n) is 20.8. The van der Waals surface area contributed by atoms with Crippen LogP contribution in [-0.2, 0) is 28.8 Å². The van der Waals surface area contributed by atoms with Gasteiger partial charge in [0.25, 0.3) is 0 Å². The maximum Gasteiger partial charge on any atom is 0.221 e. The molecule has 316 valence electrons. The van der Waals surface area contributed by atoms with Gasteiger partial charge < -0.3 is 26.0 Å². The molecule has 11 nitrogen and oxygen atoms in total. The van der Waals surface area contributed by atoms with Crippen molar-refractivity contribution in [2.24, 2.45) is 11.8 Å². The maximum atomic E-state index is 12.8. The molecule has 1 aromatic carbocycles. The molecule has 11 heteroatoms. The Labute approximate surface area is 333 Å². The summed E-state index contributed by atoms with van der Waals surface area (Å²) in [6, 6.07) is 8.77. The molecule has 2 atom stereocenters. The molecule has 1 aliphatic carbocycles. The predicted octanol–water partition coefficient (Wildman–Crippen LogP) is 6.91. The SMILES string of the molecule is CC1CCCCC1.CCNC(=O)CCC(=O)[C@H](CCCCN(CC)CC)NC(=O)CCC(=O)[C@H](C)NC(=O)CCC(=O)CC(C)C.CO.Cc1ccccc1. The van der Waals surface area contributed by atoms with Crippen LogP contribution in [0.15, 0.2) is 30.3 Å². The fourth-order valence-electron chi connectivity index (χ4n) is 6.00. The van der Waals surface area contributed by atoms with Crippen molar-refractivity contribution in [3.63, 3.8) is 0 Å². The molecular formula is C44H78N4O7. The molecule has 55 heavy (non-hydrogen) atoms. The molecule has 1 aliphatic rings. The van der Waals surface area contributed by atoms with Crippen LogP contribution in [0.1, 0.15) is 150 Å². The lowest BCUT2D eigenvalue weighted by Crippen LogP contribution is -2.42. The third-order valence-electron chi connectivity index (χ3n) is 9.37. The first kappa shape index (κ1) is 53.7. The number of hydrogen-bond donors (Lipinski definition) is 4. The summed E-state index contributed by atoms with van der Waals surface area (Å²) in [6.07, 6.45) is 10.0. The molecule has 0 radical (unpaired) electrons. The van der Waals surface area contributed by atoms with E-state index in [1.807, 2.05) is 32.0 Å². The van der Waals surface area contributed by atoms with Crippen molar-refractivity contribution in [2.75, 3.05) is 33.3 Å². The number of hydrogen-bond acceptors (Lipinski definition) is 8. The lowest BCUT2D eigenvalue weighted by atomic mass is 9.91. The second kappa shape index (κ2) is 35.0. The van der Waals surface area contributed by atoms with E-state index in [-0.39, 0.29) is 73.6 Å². The van der Waals surface area contributed by atoms with Gasteiger partial charge in [0.05, 0.1) is 12.1 Å². The average molecular weight is 775 g/mol. The number of Topliss-reactive ketones (excluding diaryl/α,β-unsaturated/α-hetero) is 3. The Balaban J connectivity index is 0. The summed E-state index contributed by atoms with van der Waals surface area (Å²) in [5.74, 6) is -0.214. The molecule has 1 fully saturated rings. The van der Waals surface area contributed by atoms with Gasteiger partial charge in [0.2, 0.25) is 17.7 Å². The Morgan fingerprint density at radius 3 is 1.76 bits per heavy atom. The van der Waals surface area contributed by atoms with Crippen molar-refractivity contribution in [1.29, 1.82) is 0 Å². The Morgan fingerprint density at radius 1 is 0.727 bits per heavy atom. The van der Waals surface area contributed by atoms with E-state index in [9.17, 15) is 28.8 Å². The van der Waals surface area contributed by atoms with Crippen molar-refractivity contribution in [3.8, 4) is 0 Å². The minimum Gasteiger partial charge on any atom is -0.400 e. The monoisotopic (exact) mass is 775 g/mol. The van der Waals surface area contributed by atoms with E-state index < -0.39 is 18.0 Å². The highest BCUT2D eigenvalue weighted by atomic mass is 16.2. The van der Waals surface area contributed by atoms with Crippen LogP contribution in [0, 0.1) is 18.8 Å². The quantitative estimate of drug-likeness (QED) is 0.0873. The summed E-state index contributed by atoms with van der Waals surface area (Å²) in [5, 5.41) is 15.0. The Morgan fingerprint density at radius 2 is 1.27 bits per heavy atom. The summed E-state index contributed by atoms with van der Waals surface area (Å²) in [5.41, 5.74) is 1.32. The predicted molar refractivity (Wildman–Crippen MR) is 224 cm³/mol. The topological polar surface area (TPSA) is 162 Å². The van der Waals surface area contributed by atoms with E-state index in [1.165, 1.54) is 37.7 Å². The number of ketones is 3. The summed E-state index contributed by atoms with van der Waals surface area (Å²) < 4.78 is 0. The number of carbonyl (C=O) groups excluding carboxylic acids is 6. The molecule has 2 rings (SSSR count). The molecule has 4 N–H and O–H groups in total. The van der Waals surface area contributed by atoms with Crippen LogP contribution in [0.3, 0.4) is 0 Å². The number of nitrogens with one attached hydrogen (secondary N) is 3. The molecular weight excluding hydrogens is 697 g/mol. The Bertz CT molecular complexity index is 1180. The smallest absolute Gasteiger partial charge is 0.221 e. The number of aryl methyl sites for hydroxylation is 1. The summed E-state index contributed by atoms with van der Waals surface area (Å²) in [4.78, 5) is 75.9. The molecule has 0 heterocycles. The van der Waals surface area contributed by atoms with Crippen LogP contribution in [0.2, 0.25) is 0 Å². The summed E-state index contributed by atoms with van der Waals surface area (Å²) >= 11 is 0. The second-order valence-electron chi connectivity index (χ2n) is 14.9. The van der Waals surface area contributed by atoms with Crippen molar-refractivity contribution in [1.82, 2.24) is 20.9 Å². The normalized spacial score (nSPS) is 13.4. The standard InChI is InChI=1S/C29H52N4O6.C7H14.C7H8.CH4O/c1-7-30-27(37)17-15-26(36)24(12-10-11-19-33(8-2)9-3)32-29(39)18-14-25(35)22(6)31-28(38)16-13-23(34)20-21(4)5;2*1-7-5-3-2-4-6-7;1-2/h21-22,24H,7-20H2,1-6H3,(H,30,37)(H,31,38)(H,32,39);7H,2-6H2,1H3;2-6H,1H3;2H,1H3/t22-,24-;;;/m0.../s1. The van der Waals surface area contributed by atoms with Gasteiger partial charge >= 0.3 is 0 Å². The molecule has 0 unspecified atom stereocenters. The van der Waals surface area contributed by atoms with Gasteiger partial charge in [-0.1, -0.05) is 103 Å². The number of aliphatic hydroxyl groups is 1. The molecule has 0 aromatic heterocycles. The lowest BCUT2D eigenvalue weighted by molar-refractivity contribution is -0.131. The van der Waals surface area contributed by atoms with Gasteiger partial charge in [-0.25, -0.2) is 0 Å². The third kappa shape index (κ3) is 31.5. The van der Waals surface area contributed by atoms with E-state index in [2.05, 4.69) is 60.7 Å². The van der Waals surface area contributed by atoms with Crippen LogP contribution in [-0.4, -0.2) is 90.5 Å². The second-order valence-corrected chi connectivity index (χ2v) is 14.9. The Kier molecular flexibility index (Phi) is 34.2. The zero-order valence-corrected chi connectivity index (χ0v) is 36.0. The van der Waals surface area contributed by atoms with E-state index >= 15 is 0 Å². The number of unbranched alkanes of at least 4 members (excludes halogenated alkanes) is 1. The van der Waals surface area contributed by atoms with Crippen LogP contribution in [0.25, 0.3) is 0 Å². The maximum absolute atomic E-state index is 12.8. The average Bonchev–Trinajstić information content (AvgIpc) is 3.16. The highest BCUT2D eigenvalue weighted by molar-refractivity contribution is 5.94. The zero-order chi connectivity index (χ0) is 42.0. The van der Waals surface area contributed by atoms with Gasteiger partial charge in [-0.2, -0.15) is 0 Å². The summed E-state index contributed by atoms with van der Waals surface area (Å²) in [7, 11) is 1.00. The van der Waals surface area contributed by atoms with Gasteiger partial charge in [0.15, 0.2) is 11.6 Å². The van der Waals surface area contributed by atoms with Gasteiger partial charge in [-0.05, 0) is 71.5 Å². The first-order chi connectivity index (χ1) is 26.2. The number of rotatable bonds is 23. The largest absolute Gasteiger partial charge is 0.400 e. The Hall–Kier alpha value is -3.44. The lowest BCUT2D eigenvalue weighted by Gasteiger charge is -2.20. The number of nitrogens with zero attached hydrogens (tertiary/aromatic N) is 1. The van der Waals surface area contributed by atoms with Crippen LogP contribution >= 0.6 is 0 Å². The van der Waals surface area contributed by atoms with Gasteiger partial charge in [-0.15, -0.1) is 0 Å². The number of carbonyl (C=O) groups is 6. The summed E-state index contributed by atoms with van der Waals surface area (Å²) in [6.45, 7) is 19.2. The van der Waals surface area contributed by atoms with Gasteiger partial charge in [0.1, 0.15) is 5.78 Å². The third-order valence-corrected chi connectivity index (χ3v) is 9.37. The van der Waals surface area contributed by atoms with Crippen LogP contribution in [0.4, 0.5) is 0 Å². The van der Waals surface area contributed by atoms with Crippen molar-refractivity contribution in [3.05, 3.63) is 35.9 Å². The molecule has 1 aromatic rings. The highest BCUT2D eigenvalue weighted by Crippen LogP contribution is 2.22. The zero-order valence-electron chi connectivity index (χ0n) is 36.0. The van der Waals surface area contributed by atoms with Crippen LogP contribution in [0.5, 0.6) is 0 Å². The van der Waals surface area contributed by atoms with E-state index in [0.717, 1.165) is 45.5 Å². The van der Waals surface area contributed by atoms with Crippen molar-refractivity contribution >= 4 is 35.1 Å². The van der Waals surface area contributed by atoms with E-state index in [1.54, 1.807) is 13.8 Å². The number of aliphatic hydroxyl groups excluding tert-OH is 1. The van der Waals surface area contributed by atoms with Gasteiger partial charge in [0, 0.05) is 58.6 Å². The fourth-order valence-corrected chi connectivity index (χ4v) is 6.00. The minimum absolute atomic E-state index is 0.0129. The molecule has 3 amide bonds. The number of amides is 3. The molecule has 0 spiro atoms. The molecule has 0 bridgehead atoms. The number of benzene rings is 1. The van der Waals surface area contributed by atoms with E-state index in [4.69, 9.17) is 5.11 Å². The highest BCUT2D eigenvalue weighted by Gasteiger charge is 2.23. The first-order valence-corrected chi connectivity index (χ1v) is 20.8. The van der Waals surface area contributed by atoms with Crippen molar-refractivity contribution in [2.45, 2.75) is 164 Å². The molecule has 0 aliphatic heterocycles. The minimum atomic E-state index is -0.778. The van der Waals surface area contributed by atoms with Gasteiger partial charge in [-0.3, -0.25) is 28.8 Å². The van der Waals surface area contributed by atoms with Crippen molar-refractivity contribution < 1.29 is 33.9 Å². The molecule has 0 saturated heterocycles.